The van der Waals surface area contributed by atoms with Crippen molar-refractivity contribution in [3.05, 3.63) is 35.4 Å². The van der Waals surface area contributed by atoms with E-state index in [1.165, 1.54) is 7.11 Å². The summed E-state index contributed by atoms with van der Waals surface area (Å²) < 4.78 is 9.76. The summed E-state index contributed by atoms with van der Waals surface area (Å²) in [4.78, 5) is 36.5. The summed E-state index contributed by atoms with van der Waals surface area (Å²) in [7, 11) is 1.26. The molecule has 2 atom stereocenters. The van der Waals surface area contributed by atoms with E-state index in [1.807, 2.05) is 6.07 Å². The number of nitriles is 1. The first kappa shape index (κ1) is 23.0. The Morgan fingerprint density at radius 3 is 2.14 bits per heavy atom. The smallest absolute Gasteiger partial charge is 0.408 e. The van der Waals surface area contributed by atoms with Crippen molar-refractivity contribution in [1.29, 1.82) is 5.26 Å². The zero-order chi connectivity index (χ0) is 21.3. The predicted octanol–water partition coefficient (Wildman–Crippen LogP) is 2.44. The summed E-state index contributed by atoms with van der Waals surface area (Å²) in [5, 5.41) is 14.3. The molecule has 1 aromatic carbocycles. The molecule has 0 bridgehead atoms. The molecule has 0 spiro atoms. The van der Waals surface area contributed by atoms with E-state index < -0.39 is 30.1 Å². The minimum Gasteiger partial charge on any atom is -0.469 e. The van der Waals surface area contributed by atoms with Crippen molar-refractivity contribution in [3.8, 4) is 6.07 Å². The third kappa shape index (κ3) is 7.27. The number of hydrogen-bond donors (Lipinski definition) is 2. The summed E-state index contributed by atoms with van der Waals surface area (Å²) in [6, 6.07) is 7.03. The van der Waals surface area contributed by atoms with Gasteiger partial charge in [0.25, 0.3) is 0 Å². The molecule has 2 amide bonds. The molecule has 8 heteroatoms. The standard InChI is InChI=1S/C20H27N3O5/c1-12(2)18(23-20(26)28-13(3)4)19(25)22-16(10-17(24)27-5)15-8-6-14(11-21)7-9-15/h6-9,12-13,16,18H,10H2,1-5H3,(H,22,25)(H,23,26). The van der Waals surface area contributed by atoms with Gasteiger partial charge < -0.3 is 20.1 Å². The van der Waals surface area contributed by atoms with E-state index in [0.29, 0.717) is 11.1 Å². The van der Waals surface area contributed by atoms with Crippen LogP contribution in [0.15, 0.2) is 24.3 Å². The van der Waals surface area contributed by atoms with Crippen molar-refractivity contribution in [1.82, 2.24) is 10.6 Å². The van der Waals surface area contributed by atoms with Crippen molar-refractivity contribution in [2.45, 2.75) is 52.3 Å². The maximum Gasteiger partial charge on any atom is 0.408 e. The minimum absolute atomic E-state index is 0.0879. The Balaban J connectivity index is 2.99. The normalized spacial score (nSPS) is 12.6. The number of methoxy groups -OCH3 is 1. The van der Waals surface area contributed by atoms with Crippen LogP contribution in [0.3, 0.4) is 0 Å². The van der Waals surface area contributed by atoms with Crippen molar-refractivity contribution in [2.75, 3.05) is 7.11 Å². The number of ether oxygens (including phenoxy) is 2. The fraction of sp³-hybridized carbons (Fsp3) is 0.500. The van der Waals surface area contributed by atoms with Crippen LogP contribution in [0.25, 0.3) is 0 Å². The van der Waals surface area contributed by atoms with Gasteiger partial charge in [0.05, 0.1) is 37.3 Å². The van der Waals surface area contributed by atoms with Crippen LogP contribution >= 0.6 is 0 Å². The van der Waals surface area contributed by atoms with Crippen LogP contribution in [0.1, 0.15) is 51.3 Å². The molecule has 0 aromatic heterocycles. The van der Waals surface area contributed by atoms with Crippen LogP contribution in [0.2, 0.25) is 0 Å². The quantitative estimate of drug-likeness (QED) is 0.660. The topological polar surface area (TPSA) is 118 Å². The summed E-state index contributed by atoms with van der Waals surface area (Å²) >= 11 is 0. The first-order chi connectivity index (χ1) is 13.2. The summed E-state index contributed by atoms with van der Waals surface area (Å²) in [6.07, 6.45) is -1.09. The van der Waals surface area contributed by atoms with E-state index in [9.17, 15) is 14.4 Å². The summed E-state index contributed by atoms with van der Waals surface area (Å²) in [6.45, 7) is 7.00. The number of rotatable bonds is 8. The second-order valence-corrected chi connectivity index (χ2v) is 6.90. The van der Waals surface area contributed by atoms with E-state index in [1.54, 1.807) is 52.0 Å². The third-order valence-electron chi connectivity index (χ3n) is 3.92. The van der Waals surface area contributed by atoms with E-state index in [4.69, 9.17) is 14.7 Å². The van der Waals surface area contributed by atoms with E-state index in [-0.39, 0.29) is 18.4 Å². The highest BCUT2D eigenvalue weighted by Crippen LogP contribution is 2.19. The fourth-order valence-corrected chi connectivity index (χ4v) is 2.46. The number of esters is 1. The molecule has 1 aromatic rings. The van der Waals surface area contributed by atoms with Gasteiger partial charge in [-0.05, 0) is 37.5 Å². The molecule has 0 heterocycles. The molecule has 1 rings (SSSR count). The molecule has 0 aliphatic rings. The Bertz CT molecular complexity index is 722. The largest absolute Gasteiger partial charge is 0.469 e. The molecule has 8 nitrogen and oxygen atoms in total. The molecule has 0 aliphatic carbocycles. The van der Waals surface area contributed by atoms with Gasteiger partial charge in [-0.15, -0.1) is 0 Å². The lowest BCUT2D eigenvalue weighted by Crippen LogP contribution is -2.51. The van der Waals surface area contributed by atoms with Gasteiger partial charge in [-0.3, -0.25) is 9.59 Å². The number of carbonyl (C=O) groups excluding carboxylic acids is 3. The predicted molar refractivity (Wildman–Crippen MR) is 102 cm³/mol. The average Bonchev–Trinajstić information content (AvgIpc) is 2.64. The molecule has 2 N–H and O–H groups in total. The molecule has 152 valence electrons. The lowest BCUT2D eigenvalue weighted by Gasteiger charge is -2.25. The van der Waals surface area contributed by atoms with Crippen LogP contribution < -0.4 is 10.6 Å². The monoisotopic (exact) mass is 389 g/mol. The van der Waals surface area contributed by atoms with E-state index in [0.717, 1.165) is 0 Å². The SMILES string of the molecule is COC(=O)CC(NC(=O)C(NC(=O)OC(C)C)C(C)C)c1ccc(C#N)cc1. The number of alkyl carbamates (subject to hydrolysis) is 1. The van der Waals surface area contributed by atoms with Crippen LogP contribution in [0.4, 0.5) is 4.79 Å². The van der Waals surface area contributed by atoms with Gasteiger partial charge in [0, 0.05) is 0 Å². The van der Waals surface area contributed by atoms with Crippen LogP contribution in [0.5, 0.6) is 0 Å². The van der Waals surface area contributed by atoms with Gasteiger partial charge in [0.2, 0.25) is 5.91 Å². The van der Waals surface area contributed by atoms with Crippen LogP contribution in [0, 0.1) is 17.2 Å². The van der Waals surface area contributed by atoms with Crippen LogP contribution in [-0.4, -0.2) is 37.2 Å². The Morgan fingerprint density at radius 1 is 1.07 bits per heavy atom. The van der Waals surface area contributed by atoms with Crippen molar-refractivity contribution in [2.24, 2.45) is 5.92 Å². The number of nitrogens with zero attached hydrogens (tertiary/aromatic N) is 1. The summed E-state index contributed by atoms with van der Waals surface area (Å²) in [5.41, 5.74) is 1.11. The van der Waals surface area contributed by atoms with Gasteiger partial charge in [-0.1, -0.05) is 26.0 Å². The van der Waals surface area contributed by atoms with Crippen molar-refractivity contribution < 1.29 is 23.9 Å². The third-order valence-corrected chi connectivity index (χ3v) is 3.92. The van der Waals surface area contributed by atoms with Gasteiger partial charge in [0.1, 0.15) is 6.04 Å². The van der Waals surface area contributed by atoms with Crippen molar-refractivity contribution in [3.63, 3.8) is 0 Å². The number of nitrogens with one attached hydrogen (secondary N) is 2. The van der Waals surface area contributed by atoms with Gasteiger partial charge >= 0.3 is 12.1 Å². The van der Waals surface area contributed by atoms with E-state index in [2.05, 4.69) is 10.6 Å². The average molecular weight is 389 g/mol. The number of carbonyl (C=O) groups is 3. The molecule has 0 radical (unpaired) electrons. The first-order valence-electron chi connectivity index (χ1n) is 9.02. The van der Waals surface area contributed by atoms with Gasteiger partial charge in [-0.2, -0.15) is 5.26 Å². The van der Waals surface area contributed by atoms with Crippen LogP contribution in [-0.2, 0) is 19.1 Å². The first-order valence-corrected chi connectivity index (χ1v) is 9.02. The molecule has 2 unspecified atom stereocenters. The lowest BCUT2D eigenvalue weighted by molar-refractivity contribution is -0.141. The Kier molecular flexibility index (Phi) is 8.96. The number of hydrogen-bond acceptors (Lipinski definition) is 6. The molecular weight excluding hydrogens is 362 g/mol. The second kappa shape index (κ2) is 10.9. The number of benzene rings is 1. The molecule has 0 saturated carbocycles. The van der Waals surface area contributed by atoms with E-state index >= 15 is 0 Å². The maximum absolute atomic E-state index is 12.8. The Hall–Kier alpha value is -3.08. The maximum atomic E-state index is 12.8. The zero-order valence-corrected chi connectivity index (χ0v) is 16.8. The molecule has 0 fully saturated rings. The van der Waals surface area contributed by atoms with Gasteiger partial charge in [0.15, 0.2) is 0 Å². The highest BCUT2D eigenvalue weighted by Gasteiger charge is 2.28. The second-order valence-electron chi connectivity index (χ2n) is 6.90. The zero-order valence-electron chi connectivity index (χ0n) is 16.8. The highest BCUT2D eigenvalue weighted by molar-refractivity contribution is 5.86. The number of amides is 2. The molecular formula is C20H27N3O5. The molecule has 0 aliphatic heterocycles. The molecule has 0 saturated heterocycles. The highest BCUT2D eigenvalue weighted by atomic mass is 16.6. The summed E-state index contributed by atoms with van der Waals surface area (Å²) in [5.74, 6) is -1.16. The van der Waals surface area contributed by atoms with Crippen molar-refractivity contribution >= 4 is 18.0 Å². The van der Waals surface area contributed by atoms with Gasteiger partial charge in [-0.25, -0.2) is 4.79 Å². The Labute approximate surface area is 165 Å². The Morgan fingerprint density at radius 2 is 1.68 bits per heavy atom. The lowest BCUT2D eigenvalue weighted by atomic mass is 9.99. The molecule has 28 heavy (non-hydrogen) atoms. The minimum atomic E-state index is -0.843. The fourth-order valence-electron chi connectivity index (χ4n) is 2.46.